The highest BCUT2D eigenvalue weighted by molar-refractivity contribution is 7.90. The molecule has 5 atom stereocenters. The molecule has 0 aliphatic heterocycles. The van der Waals surface area contributed by atoms with Crippen LogP contribution in [0.25, 0.3) is 0 Å². The number of fused-ring (bicyclic) bond motifs is 5. The SMILES string of the molecule is COCc1cc2c(cc1OSOON)CC[C@@H]1[C@@H]2CC[C@]2(C)[C@@H](CC#N)CC[C@@H]12. The Balaban J connectivity index is 1.61. The van der Waals surface area contributed by atoms with Gasteiger partial charge in [-0.15, -0.1) is 9.32 Å². The summed E-state index contributed by atoms with van der Waals surface area (Å²) in [6.07, 6.45) is 7.92. The lowest BCUT2D eigenvalue weighted by Crippen LogP contribution is -2.42. The number of hydrogen-bond acceptors (Lipinski definition) is 7. The molecule has 0 spiro atoms. The number of methoxy groups -OCH3 is 1. The summed E-state index contributed by atoms with van der Waals surface area (Å²) >= 11 is 0.708. The van der Waals surface area contributed by atoms with E-state index >= 15 is 0 Å². The quantitative estimate of drug-likeness (QED) is 0.289. The highest BCUT2D eigenvalue weighted by atomic mass is 32.2. The van der Waals surface area contributed by atoms with Crippen LogP contribution in [0, 0.1) is 34.5 Å². The zero-order valence-electron chi connectivity index (χ0n) is 17.2. The number of nitriles is 1. The van der Waals surface area contributed by atoms with Crippen LogP contribution in [-0.4, -0.2) is 7.11 Å². The number of hydrogen-bond donors (Lipinski definition) is 1. The van der Waals surface area contributed by atoms with Crippen molar-refractivity contribution < 1.29 is 18.2 Å². The maximum absolute atomic E-state index is 9.28. The van der Waals surface area contributed by atoms with Gasteiger partial charge in [-0.1, -0.05) is 6.92 Å². The van der Waals surface area contributed by atoms with Crippen molar-refractivity contribution in [2.45, 2.75) is 64.4 Å². The fraction of sp³-hybridized carbons (Fsp3) is 0.682. The summed E-state index contributed by atoms with van der Waals surface area (Å²) in [6, 6.07) is 6.86. The third-order valence-electron chi connectivity index (χ3n) is 7.93. The van der Waals surface area contributed by atoms with E-state index in [2.05, 4.69) is 34.4 Å². The molecule has 1 aromatic carbocycles. The number of rotatable bonds is 7. The highest BCUT2D eigenvalue weighted by Gasteiger charge is 2.54. The number of aryl methyl sites for hydroxylation is 1. The average Bonchev–Trinajstić information content (AvgIpc) is 3.05. The number of nitrogens with zero attached hydrogens (tertiary/aromatic N) is 1. The molecule has 0 radical (unpaired) electrons. The Hall–Kier alpha value is -1.30. The second kappa shape index (κ2) is 8.83. The van der Waals surface area contributed by atoms with Crippen molar-refractivity contribution in [1.82, 2.24) is 0 Å². The van der Waals surface area contributed by atoms with E-state index < -0.39 is 0 Å². The molecule has 1 aromatic rings. The Morgan fingerprint density at radius 3 is 2.90 bits per heavy atom. The zero-order chi connectivity index (χ0) is 20.4. The standard InChI is InChI=1S/C22H30N2O4S/c1-22-9-7-17-18(20(22)6-4-16(22)8-10-23)5-3-14-12-21(26-29-28-27-24)15(13-25-2)11-19(14)17/h11-12,16-18,20H,3-9,13,24H2,1-2H3/t16-,17+,18-,20+,22-/m1/s1. The minimum absolute atomic E-state index is 0.336. The summed E-state index contributed by atoms with van der Waals surface area (Å²) in [4.78, 5) is 4.11. The van der Waals surface area contributed by atoms with Crippen molar-refractivity contribution in [3.63, 3.8) is 0 Å². The predicted octanol–water partition coefficient (Wildman–Crippen LogP) is 4.98. The zero-order valence-corrected chi connectivity index (χ0v) is 18.0. The van der Waals surface area contributed by atoms with Crippen molar-refractivity contribution in [3.05, 3.63) is 28.8 Å². The Morgan fingerprint density at radius 1 is 1.28 bits per heavy atom. The first-order valence-electron chi connectivity index (χ1n) is 10.5. The van der Waals surface area contributed by atoms with Crippen LogP contribution in [0.4, 0.5) is 0 Å². The van der Waals surface area contributed by atoms with Gasteiger partial charge in [0.05, 0.1) is 12.7 Å². The monoisotopic (exact) mass is 418 g/mol. The summed E-state index contributed by atoms with van der Waals surface area (Å²) in [6.45, 7) is 2.94. The van der Waals surface area contributed by atoms with E-state index in [1.807, 2.05) is 0 Å². The molecule has 3 aliphatic carbocycles. The molecule has 2 saturated carbocycles. The topological polar surface area (TPSA) is 86.7 Å². The number of benzene rings is 1. The van der Waals surface area contributed by atoms with Crippen molar-refractivity contribution in [2.75, 3.05) is 7.11 Å². The van der Waals surface area contributed by atoms with Crippen LogP contribution in [0.5, 0.6) is 5.75 Å². The van der Waals surface area contributed by atoms with E-state index in [1.54, 1.807) is 7.11 Å². The average molecular weight is 419 g/mol. The first kappa shape index (κ1) is 21.0. The largest absolute Gasteiger partial charge is 0.398 e. The van der Waals surface area contributed by atoms with E-state index in [9.17, 15) is 5.26 Å². The molecule has 3 aliphatic rings. The summed E-state index contributed by atoms with van der Waals surface area (Å²) in [5.41, 5.74) is 4.18. The fourth-order valence-corrected chi connectivity index (χ4v) is 6.90. The third-order valence-corrected chi connectivity index (χ3v) is 8.31. The first-order valence-corrected chi connectivity index (χ1v) is 11.2. The molecular formula is C22H30N2O4S. The lowest BCUT2D eigenvalue weighted by atomic mass is 9.54. The van der Waals surface area contributed by atoms with E-state index in [0.29, 0.717) is 42.6 Å². The van der Waals surface area contributed by atoms with Gasteiger partial charge < -0.3 is 8.92 Å². The fourth-order valence-electron chi connectivity index (χ4n) is 6.61. The van der Waals surface area contributed by atoms with Crippen molar-refractivity contribution in [2.24, 2.45) is 29.1 Å². The van der Waals surface area contributed by atoms with E-state index in [0.717, 1.165) is 29.6 Å². The smallest absolute Gasteiger partial charge is 0.260 e. The number of ether oxygens (including phenoxy) is 1. The van der Waals surface area contributed by atoms with Gasteiger partial charge in [0.25, 0.3) is 12.3 Å². The normalized spacial score (nSPS) is 32.8. The van der Waals surface area contributed by atoms with E-state index in [1.165, 1.54) is 43.2 Å². The summed E-state index contributed by atoms with van der Waals surface area (Å²) in [7, 11) is 1.69. The van der Waals surface area contributed by atoms with Gasteiger partial charge in [-0.3, -0.25) is 0 Å². The maximum atomic E-state index is 9.28. The van der Waals surface area contributed by atoms with E-state index in [4.69, 9.17) is 14.8 Å². The molecule has 2 fully saturated rings. The van der Waals surface area contributed by atoms with Crippen LogP contribution >= 0.6 is 12.3 Å². The van der Waals surface area contributed by atoms with Gasteiger partial charge in [-0.2, -0.15) is 11.2 Å². The minimum Gasteiger partial charge on any atom is -0.398 e. The lowest BCUT2D eigenvalue weighted by Gasteiger charge is -2.51. The Kier molecular flexibility index (Phi) is 6.38. The maximum Gasteiger partial charge on any atom is 0.260 e. The van der Waals surface area contributed by atoms with Crippen LogP contribution in [0.3, 0.4) is 0 Å². The molecule has 0 amide bonds. The number of nitrogens with two attached hydrogens (primary N) is 1. The molecule has 4 rings (SSSR count). The van der Waals surface area contributed by atoms with Crippen LogP contribution in [-0.2, 0) is 27.1 Å². The van der Waals surface area contributed by atoms with Crippen molar-refractivity contribution >= 4 is 12.3 Å². The van der Waals surface area contributed by atoms with Crippen LogP contribution in [0.2, 0.25) is 0 Å². The summed E-state index contributed by atoms with van der Waals surface area (Å²) in [5, 5.41) is 9.28. The van der Waals surface area contributed by atoms with Crippen LogP contribution in [0.15, 0.2) is 12.1 Å². The first-order chi connectivity index (χ1) is 14.1. The van der Waals surface area contributed by atoms with Crippen LogP contribution in [0.1, 0.15) is 68.1 Å². The molecule has 29 heavy (non-hydrogen) atoms. The van der Waals surface area contributed by atoms with Crippen molar-refractivity contribution in [3.8, 4) is 11.8 Å². The molecule has 0 saturated heterocycles. The molecule has 0 aromatic heterocycles. The summed E-state index contributed by atoms with van der Waals surface area (Å²) in [5.74, 6) is 8.25. The van der Waals surface area contributed by atoms with Gasteiger partial charge in [0.1, 0.15) is 5.75 Å². The van der Waals surface area contributed by atoms with Gasteiger partial charge in [-0.25, -0.2) is 0 Å². The highest BCUT2D eigenvalue weighted by Crippen LogP contribution is 2.63. The molecule has 0 bridgehead atoms. The summed E-state index contributed by atoms with van der Waals surface area (Å²) < 4.78 is 15.6. The Bertz CT molecular complexity index is 783. The second-order valence-electron chi connectivity index (χ2n) is 9.00. The van der Waals surface area contributed by atoms with Crippen molar-refractivity contribution in [1.29, 1.82) is 5.26 Å². The Morgan fingerprint density at radius 2 is 2.14 bits per heavy atom. The van der Waals surface area contributed by atoms with Crippen LogP contribution < -0.4 is 10.1 Å². The van der Waals surface area contributed by atoms with Gasteiger partial charge in [0.2, 0.25) is 0 Å². The Labute approximate surface area is 177 Å². The predicted molar refractivity (Wildman–Crippen MR) is 110 cm³/mol. The third kappa shape index (κ3) is 3.77. The van der Waals surface area contributed by atoms with E-state index in [-0.39, 0.29) is 0 Å². The van der Waals surface area contributed by atoms with Gasteiger partial charge >= 0.3 is 0 Å². The molecule has 6 nitrogen and oxygen atoms in total. The molecular weight excluding hydrogens is 388 g/mol. The molecule has 0 heterocycles. The minimum atomic E-state index is 0.336. The second-order valence-corrected chi connectivity index (χ2v) is 9.44. The van der Waals surface area contributed by atoms with Gasteiger partial charge in [0.15, 0.2) is 0 Å². The van der Waals surface area contributed by atoms with Gasteiger partial charge in [0, 0.05) is 19.1 Å². The lowest BCUT2D eigenvalue weighted by molar-refractivity contribution is -0.199. The molecule has 158 valence electrons. The molecule has 7 heteroatoms. The molecule has 0 unspecified atom stereocenters. The molecule has 2 N–H and O–H groups in total. The van der Waals surface area contributed by atoms with Gasteiger partial charge in [-0.05, 0) is 90.9 Å².